The first-order chi connectivity index (χ1) is 15.2. The highest BCUT2D eigenvalue weighted by atomic mass is 32.2. The predicted octanol–water partition coefficient (Wildman–Crippen LogP) is 3.16. The van der Waals surface area contributed by atoms with Crippen LogP contribution < -0.4 is 9.62 Å². The molecule has 0 radical (unpaired) electrons. The van der Waals surface area contributed by atoms with Gasteiger partial charge in [-0.05, 0) is 47.7 Å². The van der Waals surface area contributed by atoms with Gasteiger partial charge in [0.05, 0.1) is 11.4 Å². The Bertz CT molecular complexity index is 1110. The third-order valence-corrected chi connectivity index (χ3v) is 7.85. The van der Waals surface area contributed by atoms with Gasteiger partial charge in [0.2, 0.25) is 21.8 Å². The Hall–Kier alpha value is -2.87. The zero-order valence-corrected chi connectivity index (χ0v) is 19.3. The van der Waals surface area contributed by atoms with E-state index in [1.165, 1.54) is 4.31 Å². The molecule has 0 spiro atoms. The maximum Gasteiger partial charge on any atom is 0.247 e. The average molecular weight is 456 g/mol. The normalized spacial score (nSPS) is 19.7. The van der Waals surface area contributed by atoms with Gasteiger partial charge >= 0.3 is 0 Å². The third-order valence-electron chi connectivity index (χ3n) is 5.98. The van der Waals surface area contributed by atoms with Crippen molar-refractivity contribution in [3.63, 3.8) is 0 Å². The molecular formula is C24H29N3O4S. The van der Waals surface area contributed by atoms with Crippen molar-refractivity contribution in [2.75, 3.05) is 21.9 Å². The Morgan fingerprint density at radius 1 is 1.06 bits per heavy atom. The standard InChI is InChI=1S/C24H29N3O4S/c1-17(2)14-23(28)26-16-19-7-4-3-6-18(19)15-22(26)24(29)25-20-8-10-21(11-9-20)27-12-5-13-32(27,30)31/h3-4,6-11,17,22H,5,12-16H2,1-2H3,(H,25,29). The van der Waals surface area contributed by atoms with E-state index < -0.39 is 16.1 Å². The lowest BCUT2D eigenvalue weighted by Gasteiger charge is -2.36. The summed E-state index contributed by atoms with van der Waals surface area (Å²) < 4.78 is 25.7. The van der Waals surface area contributed by atoms with Crippen molar-refractivity contribution in [3.05, 3.63) is 59.7 Å². The number of carbonyl (C=O) groups excluding carboxylic acids is 2. The van der Waals surface area contributed by atoms with Crippen LogP contribution in [0.15, 0.2) is 48.5 Å². The molecule has 0 aromatic heterocycles. The van der Waals surface area contributed by atoms with Crippen molar-refractivity contribution in [1.82, 2.24) is 4.90 Å². The quantitative estimate of drug-likeness (QED) is 0.750. The highest BCUT2D eigenvalue weighted by molar-refractivity contribution is 7.93. The van der Waals surface area contributed by atoms with Gasteiger partial charge in [0.1, 0.15) is 6.04 Å². The number of fused-ring (bicyclic) bond motifs is 1. The molecule has 1 atom stereocenters. The topological polar surface area (TPSA) is 86.8 Å². The lowest BCUT2D eigenvalue weighted by atomic mass is 9.92. The summed E-state index contributed by atoms with van der Waals surface area (Å²) in [5.41, 5.74) is 3.33. The van der Waals surface area contributed by atoms with Gasteiger partial charge in [-0.25, -0.2) is 8.42 Å². The summed E-state index contributed by atoms with van der Waals surface area (Å²) in [6.07, 6.45) is 1.48. The van der Waals surface area contributed by atoms with E-state index in [0.29, 0.717) is 43.7 Å². The van der Waals surface area contributed by atoms with Gasteiger partial charge in [0, 0.05) is 31.6 Å². The van der Waals surface area contributed by atoms with Crippen molar-refractivity contribution < 1.29 is 18.0 Å². The molecule has 0 saturated carbocycles. The SMILES string of the molecule is CC(C)CC(=O)N1Cc2ccccc2CC1C(=O)Nc1ccc(N2CCCS2(=O)=O)cc1. The second kappa shape index (κ2) is 8.94. The van der Waals surface area contributed by atoms with Crippen molar-refractivity contribution in [1.29, 1.82) is 0 Å². The summed E-state index contributed by atoms with van der Waals surface area (Å²) in [7, 11) is -3.25. The Balaban J connectivity index is 1.52. The molecule has 2 amide bonds. The molecule has 1 fully saturated rings. The Morgan fingerprint density at radius 3 is 2.38 bits per heavy atom. The molecule has 2 aromatic carbocycles. The van der Waals surface area contributed by atoms with Crippen LogP contribution in [-0.4, -0.2) is 43.5 Å². The maximum atomic E-state index is 13.2. The number of nitrogens with one attached hydrogen (secondary N) is 1. The summed E-state index contributed by atoms with van der Waals surface area (Å²) >= 11 is 0. The van der Waals surface area contributed by atoms with Crippen LogP contribution in [0.4, 0.5) is 11.4 Å². The van der Waals surface area contributed by atoms with Crippen LogP contribution in [0, 0.1) is 5.92 Å². The number of nitrogens with zero attached hydrogens (tertiary/aromatic N) is 2. The van der Waals surface area contributed by atoms with E-state index in [9.17, 15) is 18.0 Å². The van der Waals surface area contributed by atoms with E-state index in [1.54, 1.807) is 29.2 Å². The smallest absolute Gasteiger partial charge is 0.247 e. The largest absolute Gasteiger partial charge is 0.326 e. The van der Waals surface area contributed by atoms with E-state index in [4.69, 9.17) is 0 Å². The zero-order chi connectivity index (χ0) is 22.9. The van der Waals surface area contributed by atoms with E-state index in [2.05, 4.69) is 5.32 Å². The minimum atomic E-state index is -3.25. The van der Waals surface area contributed by atoms with Gasteiger partial charge in [-0.15, -0.1) is 0 Å². The Morgan fingerprint density at radius 2 is 1.75 bits per heavy atom. The molecule has 7 nitrogen and oxygen atoms in total. The van der Waals surface area contributed by atoms with Gasteiger partial charge in [0.25, 0.3) is 0 Å². The number of rotatable bonds is 5. The van der Waals surface area contributed by atoms with Crippen molar-refractivity contribution in [2.24, 2.45) is 5.92 Å². The number of benzene rings is 2. The molecule has 1 N–H and O–H groups in total. The third kappa shape index (κ3) is 4.65. The fraction of sp³-hybridized carbons (Fsp3) is 0.417. The maximum absolute atomic E-state index is 13.2. The van der Waals surface area contributed by atoms with E-state index >= 15 is 0 Å². The molecule has 0 aliphatic carbocycles. The van der Waals surface area contributed by atoms with E-state index in [1.807, 2.05) is 38.1 Å². The molecule has 1 saturated heterocycles. The monoisotopic (exact) mass is 455 g/mol. The van der Waals surface area contributed by atoms with Gasteiger partial charge in [-0.2, -0.15) is 0 Å². The van der Waals surface area contributed by atoms with Crippen molar-refractivity contribution in [2.45, 2.75) is 45.7 Å². The molecule has 2 aromatic rings. The molecule has 0 bridgehead atoms. The van der Waals surface area contributed by atoms with Gasteiger partial charge in [0.15, 0.2) is 0 Å². The summed E-state index contributed by atoms with van der Waals surface area (Å²) in [6.45, 7) is 4.88. The Kier molecular flexibility index (Phi) is 6.24. The van der Waals surface area contributed by atoms with Crippen LogP contribution in [0.3, 0.4) is 0 Å². The van der Waals surface area contributed by atoms with Crippen LogP contribution in [0.25, 0.3) is 0 Å². The van der Waals surface area contributed by atoms with Crippen LogP contribution in [0.5, 0.6) is 0 Å². The molecule has 170 valence electrons. The molecule has 1 unspecified atom stereocenters. The number of anilines is 2. The summed E-state index contributed by atoms with van der Waals surface area (Å²) in [4.78, 5) is 27.8. The molecule has 32 heavy (non-hydrogen) atoms. The molecule has 2 aliphatic rings. The number of sulfonamides is 1. The highest BCUT2D eigenvalue weighted by Crippen LogP contribution is 2.28. The highest BCUT2D eigenvalue weighted by Gasteiger charge is 2.34. The lowest BCUT2D eigenvalue weighted by Crippen LogP contribution is -2.50. The van der Waals surface area contributed by atoms with Crippen LogP contribution in [-0.2, 0) is 32.6 Å². The van der Waals surface area contributed by atoms with Gasteiger partial charge in [-0.3, -0.25) is 13.9 Å². The van der Waals surface area contributed by atoms with E-state index in [-0.39, 0.29) is 23.5 Å². The number of carbonyl (C=O) groups is 2. The minimum absolute atomic E-state index is 0.0239. The summed E-state index contributed by atoms with van der Waals surface area (Å²) in [5, 5.41) is 2.92. The van der Waals surface area contributed by atoms with E-state index in [0.717, 1.165) is 11.1 Å². The van der Waals surface area contributed by atoms with Gasteiger partial charge in [-0.1, -0.05) is 38.1 Å². The molecule has 4 rings (SSSR count). The lowest BCUT2D eigenvalue weighted by molar-refractivity contribution is -0.140. The molecule has 2 aliphatic heterocycles. The Labute approximate surface area is 189 Å². The first kappa shape index (κ1) is 22.3. The van der Waals surface area contributed by atoms with Crippen LogP contribution in [0.1, 0.15) is 37.8 Å². The zero-order valence-electron chi connectivity index (χ0n) is 18.5. The number of hydrogen-bond acceptors (Lipinski definition) is 4. The summed E-state index contributed by atoms with van der Waals surface area (Å²) in [5.74, 6) is 0.106. The van der Waals surface area contributed by atoms with Gasteiger partial charge < -0.3 is 10.2 Å². The fourth-order valence-electron chi connectivity index (χ4n) is 4.35. The second-order valence-corrected chi connectivity index (χ2v) is 10.9. The number of hydrogen-bond donors (Lipinski definition) is 1. The first-order valence-corrected chi connectivity index (χ1v) is 12.6. The molecule has 2 heterocycles. The predicted molar refractivity (Wildman–Crippen MR) is 125 cm³/mol. The average Bonchev–Trinajstić information content (AvgIpc) is 3.11. The fourth-order valence-corrected chi connectivity index (χ4v) is 5.92. The van der Waals surface area contributed by atoms with Crippen molar-refractivity contribution in [3.8, 4) is 0 Å². The molecule has 8 heteroatoms. The van der Waals surface area contributed by atoms with Crippen LogP contribution in [0.2, 0.25) is 0 Å². The summed E-state index contributed by atoms with van der Waals surface area (Å²) in [6, 6.07) is 14.1. The molecular weight excluding hydrogens is 426 g/mol. The first-order valence-electron chi connectivity index (χ1n) is 11.0. The number of amides is 2. The van der Waals surface area contributed by atoms with Crippen LogP contribution >= 0.6 is 0 Å². The minimum Gasteiger partial charge on any atom is -0.326 e. The van der Waals surface area contributed by atoms with Crippen molar-refractivity contribution >= 4 is 33.2 Å². The second-order valence-electron chi connectivity index (χ2n) is 8.89.